The van der Waals surface area contributed by atoms with E-state index in [2.05, 4.69) is 0 Å². The second-order valence-corrected chi connectivity index (χ2v) is 4.64. The Morgan fingerprint density at radius 1 is 1.35 bits per heavy atom. The summed E-state index contributed by atoms with van der Waals surface area (Å²) in [7, 11) is 1.47. The first kappa shape index (κ1) is 14.1. The van der Waals surface area contributed by atoms with Crippen LogP contribution in [0, 0.1) is 0 Å². The van der Waals surface area contributed by atoms with Gasteiger partial charge in [0.2, 0.25) is 0 Å². The Hall–Kier alpha value is -2.30. The lowest BCUT2D eigenvalue weighted by Crippen LogP contribution is -2.33. The number of aldehydes is 1. The Morgan fingerprint density at radius 2 is 2.05 bits per heavy atom. The second-order valence-electron chi connectivity index (χ2n) is 4.64. The monoisotopic (exact) mass is 275 g/mol. The first-order valence-corrected chi connectivity index (χ1v) is 6.44. The van der Waals surface area contributed by atoms with Crippen molar-refractivity contribution in [3.8, 4) is 11.5 Å². The number of hydrogen-bond acceptors (Lipinski definition) is 5. The number of piperidine rings is 1. The van der Waals surface area contributed by atoms with Gasteiger partial charge in [0.1, 0.15) is 5.78 Å². The molecule has 0 aromatic heterocycles. The van der Waals surface area contributed by atoms with Gasteiger partial charge in [-0.2, -0.15) is 0 Å². The Kier molecular flexibility index (Phi) is 4.40. The summed E-state index contributed by atoms with van der Waals surface area (Å²) in [5.41, 5.74) is 1.30. The highest BCUT2D eigenvalue weighted by Gasteiger charge is 2.18. The van der Waals surface area contributed by atoms with E-state index in [1.807, 2.05) is 4.90 Å². The van der Waals surface area contributed by atoms with E-state index < -0.39 is 0 Å². The zero-order chi connectivity index (χ0) is 14.5. The van der Waals surface area contributed by atoms with Crippen molar-refractivity contribution in [2.45, 2.75) is 12.8 Å². The summed E-state index contributed by atoms with van der Waals surface area (Å²) in [5, 5.41) is 9.54. The molecule has 1 aliphatic rings. The quantitative estimate of drug-likeness (QED) is 0.668. The summed E-state index contributed by atoms with van der Waals surface area (Å²) in [5.74, 6) is 0.650. The average molecular weight is 275 g/mol. The summed E-state index contributed by atoms with van der Waals surface area (Å²) in [6.07, 6.45) is 3.47. The number of rotatable bonds is 4. The van der Waals surface area contributed by atoms with Crippen LogP contribution in [0.25, 0.3) is 6.08 Å². The minimum absolute atomic E-state index is 0.0564. The minimum Gasteiger partial charge on any atom is -0.504 e. The highest BCUT2D eigenvalue weighted by atomic mass is 16.5. The molecule has 1 saturated heterocycles. The highest BCUT2D eigenvalue weighted by Crippen LogP contribution is 2.27. The number of methoxy groups -OCH3 is 1. The summed E-state index contributed by atoms with van der Waals surface area (Å²) in [4.78, 5) is 24.4. The molecule has 1 aliphatic heterocycles. The van der Waals surface area contributed by atoms with Gasteiger partial charge in [-0.1, -0.05) is 6.07 Å². The number of carbonyl (C=O) groups excluding carboxylic acids is 2. The van der Waals surface area contributed by atoms with Gasteiger partial charge in [-0.3, -0.25) is 9.59 Å². The molecule has 1 heterocycles. The van der Waals surface area contributed by atoms with Crippen LogP contribution in [-0.2, 0) is 9.59 Å². The molecule has 5 nitrogen and oxygen atoms in total. The van der Waals surface area contributed by atoms with E-state index in [4.69, 9.17) is 4.74 Å². The Labute approximate surface area is 117 Å². The van der Waals surface area contributed by atoms with Crippen LogP contribution < -0.4 is 4.74 Å². The normalized spacial score (nSPS) is 16.1. The van der Waals surface area contributed by atoms with Crippen molar-refractivity contribution in [1.29, 1.82) is 0 Å². The van der Waals surface area contributed by atoms with Gasteiger partial charge in [0.15, 0.2) is 17.8 Å². The van der Waals surface area contributed by atoms with Gasteiger partial charge in [0, 0.05) is 25.9 Å². The van der Waals surface area contributed by atoms with E-state index in [-0.39, 0.29) is 11.5 Å². The minimum atomic E-state index is 0.0564. The number of likely N-dealkylation sites (tertiary alicyclic amines) is 1. The van der Waals surface area contributed by atoms with Gasteiger partial charge in [0.25, 0.3) is 0 Å². The smallest absolute Gasteiger partial charge is 0.166 e. The fourth-order valence-electron chi connectivity index (χ4n) is 2.17. The number of allylic oxidation sites excluding steroid dienone is 1. The zero-order valence-corrected chi connectivity index (χ0v) is 11.3. The van der Waals surface area contributed by atoms with Crippen LogP contribution in [0.5, 0.6) is 11.5 Å². The standard InChI is InChI=1S/C15H17NO4/c1-20-15-9-11(2-3-14(15)19)8-12(10-17)16-6-4-13(18)5-7-16/h2-3,8-10,19H,4-7H2,1H3. The molecule has 1 aromatic rings. The van der Waals surface area contributed by atoms with Crippen LogP contribution in [0.4, 0.5) is 0 Å². The molecule has 1 N–H and O–H groups in total. The Bertz CT molecular complexity index is 541. The Morgan fingerprint density at radius 3 is 2.65 bits per heavy atom. The van der Waals surface area contributed by atoms with Gasteiger partial charge in [-0.05, 0) is 23.8 Å². The number of nitrogens with zero attached hydrogens (tertiary/aromatic N) is 1. The van der Waals surface area contributed by atoms with Gasteiger partial charge < -0.3 is 14.7 Å². The van der Waals surface area contributed by atoms with Gasteiger partial charge in [-0.15, -0.1) is 0 Å². The van der Waals surface area contributed by atoms with Crippen LogP contribution in [-0.4, -0.2) is 42.3 Å². The number of benzene rings is 1. The number of carbonyl (C=O) groups is 2. The van der Waals surface area contributed by atoms with Crippen molar-refractivity contribution in [1.82, 2.24) is 4.90 Å². The number of aromatic hydroxyl groups is 1. The largest absolute Gasteiger partial charge is 0.504 e. The van der Waals surface area contributed by atoms with E-state index in [1.165, 1.54) is 13.2 Å². The first-order valence-electron chi connectivity index (χ1n) is 6.44. The van der Waals surface area contributed by atoms with Gasteiger partial charge >= 0.3 is 0 Å². The molecule has 1 fully saturated rings. The highest BCUT2D eigenvalue weighted by molar-refractivity contribution is 5.83. The number of phenols is 1. The third kappa shape index (κ3) is 3.17. The predicted molar refractivity (Wildman–Crippen MR) is 74.5 cm³/mol. The summed E-state index contributed by atoms with van der Waals surface area (Å²) >= 11 is 0. The lowest BCUT2D eigenvalue weighted by Gasteiger charge is -2.27. The molecule has 2 rings (SSSR count). The van der Waals surface area contributed by atoms with Crippen molar-refractivity contribution in [3.05, 3.63) is 29.5 Å². The molecule has 0 radical (unpaired) electrons. The van der Waals surface area contributed by atoms with Crippen molar-refractivity contribution < 1.29 is 19.4 Å². The van der Waals surface area contributed by atoms with Crippen molar-refractivity contribution >= 4 is 18.1 Å². The first-order chi connectivity index (χ1) is 9.63. The molecule has 5 heteroatoms. The number of hydrogen-bond donors (Lipinski definition) is 1. The summed E-state index contributed by atoms with van der Waals surface area (Å²) in [6.45, 7) is 1.14. The van der Waals surface area contributed by atoms with Crippen LogP contribution in [0.15, 0.2) is 23.9 Å². The van der Waals surface area contributed by atoms with E-state index in [0.717, 1.165) is 11.8 Å². The maximum atomic E-state index is 11.2. The summed E-state index contributed by atoms with van der Waals surface area (Å²) < 4.78 is 5.03. The number of Topliss-reactive ketones (excluding diaryl/α,β-unsaturated/α-hetero) is 1. The molecule has 0 unspecified atom stereocenters. The fraction of sp³-hybridized carbons (Fsp3) is 0.333. The van der Waals surface area contributed by atoms with Crippen LogP contribution in [0.3, 0.4) is 0 Å². The molecule has 20 heavy (non-hydrogen) atoms. The van der Waals surface area contributed by atoms with Crippen molar-refractivity contribution in [2.75, 3.05) is 20.2 Å². The SMILES string of the molecule is COc1cc(C=C(C=O)N2CCC(=O)CC2)ccc1O. The van der Waals surface area contributed by atoms with Crippen molar-refractivity contribution in [3.63, 3.8) is 0 Å². The van der Waals surface area contributed by atoms with Gasteiger partial charge in [-0.25, -0.2) is 0 Å². The lowest BCUT2D eigenvalue weighted by molar-refractivity contribution is -0.121. The number of ether oxygens (including phenoxy) is 1. The molecule has 0 saturated carbocycles. The predicted octanol–water partition coefficient (Wildman–Crippen LogP) is 1.61. The number of phenolic OH excluding ortho intramolecular Hbond substituents is 1. The molecule has 0 aliphatic carbocycles. The molecule has 0 atom stereocenters. The summed E-state index contributed by atoms with van der Waals surface area (Å²) in [6, 6.07) is 4.89. The third-order valence-corrected chi connectivity index (χ3v) is 3.33. The lowest BCUT2D eigenvalue weighted by atomic mass is 10.1. The van der Waals surface area contributed by atoms with Crippen molar-refractivity contribution in [2.24, 2.45) is 0 Å². The molecule has 0 bridgehead atoms. The molecule has 0 spiro atoms. The molecule has 0 amide bonds. The zero-order valence-electron chi connectivity index (χ0n) is 11.3. The number of ketones is 1. The second kappa shape index (κ2) is 6.23. The van der Waals surface area contributed by atoms with E-state index in [9.17, 15) is 14.7 Å². The van der Waals surface area contributed by atoms with E-state index in [0.29, 0.717) is 37.4 Å². The molecular weight excluding hydrogens is 258 g/mol. The van der Waals surface area contributed by atoms with Crippen LogP contribution >= 0.6 is 0 Å². The van der Waals surface area contributed by atoms with E-state index >= 15 is 0 Å². The molecular formula is C15H17NO4. The topological polar surface area (TPSA) is 66.8 Å². The third-order valence-electron chi connectivity index (χ3n) is 3.33. The van der Waals surface area contributed by atoms with Gasteiger partial charge in [0.05, 0.1) is 12.8 Å². The van der Waals surface area contributed by atoms with Crippen LogP contribution in [0.2, 0.25) is 0 Å². The molecule has 1 aromatic carbocycles. The maximum absolute atomic E-state index is 11.2. The Balaban J connectivity index is 2.22. The maximum Gasteiger partial charge on any atom is 0.166 e. The average Bonchev–Trinajstić information content (AvgIpc) is 2.47. The molecule has 106 valence electrons. The van der Waals surface area contributed by atoms with Crippen LogP contribution in [0.1, 0.15) is 18.4 Å². The van der Waals surface area contributed by atoms with E-state index in [1.54, 1.807) is 18.2 Å². The fourth-order valence-corrected chi connectivity index (χ4v) is 2.17.